The quantitative estimate of drug-likeness (QED) is 0.856. The Balaban J connectivity index is 2.22. The average molecular weight is 263 g/mol. The predicted molar refractivity (Wildman–Crippen MR) is 77.8 cm³/mol. The SMILES string of the molecule is CCc1cc(C(CO)C2CCNCC2)ccc1OC. The Morgan fingerprint density at radius 2 is 2.11 bits per heavy atom. The number of rotatable bonds is 5. The maximum atomic E-state index is 9.77. The molecule has 1 fully saturated rings. The minimum atomic E-state index is 0.236. The van der Waals surface area contributed by atoms with Crippen molar-refractivity contribution in [2.24, 2.45) is 5.92 Å². The van der Waals surface area contributed by atoms with Crippen LogP contribution in [0, 0.1) is 5.92 Å². The minimum Gasteiger partial charge on any atom is -0.496 e. The lowest BCUT2D eigenvalue weighted by atomic mass is 9.80. The van der Waals surface area contributed by atoms with Crippen molar-refractivity contribution >= 4 is 0 Å². The van der Waals surface area contributed by atoms with Gasteiger partial charge in [-0.1, -0.05) is 19.1 Å². The highest BCUT2D eigenvalue weighted by Gasteiger charge is 2.24. The Hall–Kier alpha value is -1.06. The van der Waals surface area contributed by atoms with Gasteiger partial charge in [-0.05, 0) is 55.5 Å². The number of methoxy groups -OCH3 is 1. The third-order valence-electron chi connectivity index (χ3n) is 4.26. The number of ether oxygens (including phenoxy) is 1. The standard InChI is InChI=1S/C16H25NO2/c1-3-12-10-14(4-5-16(12)19-2)15(11-18)13-6-8-17-9-7-13/h4-5,10,13,15,17-18H,3,6-9,11H2,1-2H3. The van der Waals surface area contributed by atoms with E-state index in [1.54, 1.807) is 7.11 Å². The van der Waals surface area contributed by atoms with Gasteiger partial charge >= 0.3 is 0 Å². The molecule has 1 saturated heterocycles. The number of aryl methyl sites for hydroxylation is 1. The topological polar surface area (TPSA) is 41.5 Å². The molecule has 2 rings (SSSR count). The molecular weight excluding hydrogens is 238 g/mol. The van der Waals surface area contributed by atoms with E-state index in [9.17, 15) is 5.11 Å². The van der Waals surface area contributed by atoms with Gasteiger partial charge in [0.2, 0.25) is 0 Å². The van der Waals surface area contributed by atoms with Gasteiger partial charge in [-0.25, -0.2) is 0 Å². The van der Waals surface area contributed by atoms with Crippen molar-refractivity contribution in [3.63, 3.8) is 0 Å². The molecule has 0 aliphatic carbocycles. The van der Waals surface area contributed by atoms with Gasteiger partial charge in [0, 0.05) is 5.92 Å². The van der Waals surface area contributed by atoms with Crippen LogP contribution in [0.2, 0.25) is 0 Å². The van der Waals surface area contributed by atoms with E-state index in [1.807, 2.05) is 6.07 Å². The second-order valence-corrected chi connectivity index (χ2v) is 5.30. The first-order valence-electron chi connectivity index (χ1n) is 7.28. The van der Waals surface area contributed by atoms with Crippen LogP contribution in [-0.2, 0) is 6.42 Å². The van der Waals surface area contributed by atoms with Crippen LogP contribution >= 0.6 is 0 Å². The largest absolute Gasteiger partial charge is 0.496 e. The maximum absolute atomic E-state index is 9.77. The van der Waals surface area contributed by atoms with E-state index in [0.29, 0.717) is 5.92 Å². The van der Waals surface area contributed by atoms with E-state index in [4.69, 9.17) is 4.74 Å². The van der Waals surface area contributed by atoms with Crippen molar-refractivity contribution in [3.05, 3.63) is 29.3 Å². The van der Waals surface area contributed by atoms with Gasteiger partial charge in [-0.2, -0.15) is 0 Å². The summed E-state index contributed by atoms with van der Waals surface area (Å²) in [5, 5.41) is 13.2. The second-order valence-electron chi connectivity index (χ2n) is 5.30. The zero-order valence-electron chi connectivity index (χ0n) is 12.0. The summed E-state index contributed by atoms with van der Waals surface area (Å²) in [6.07, 6.45) is 3.26. The molecule has 3 nitrogen and oxygen atoms in total. The minimum absolute atomic E-state index is 0.236. The van der Waals surface area contributed by atoms with Crippen LogP contribution in [0.5, 0.6) is 5.75 Å². The summed E-state index contributed by atoms with van der Waals surface area (Å²) < 4.78 is 5.38. The zero-order valence-corrected chi connectivity index (χ0v) is 12.0. The fourth-order valence-electron chi connectivity index (χ4n) is 3.08. The number of hydrogen-bond donors (Lipinski definition) is 2. The Morgan fingerprint density at radius 3 is 2.68 bits per heavy atom. The van der Waals surface area contributed by atoms with Crippen LogP contribution < -0.4 is 10.1 Å². The van der Waals surface area contributed by atoms with Crippen molar-refractivity contribution in [3.8, 4) is 5.75 Å². The Bertz CT molecular complexity index is 400. The lowest BCUT2D eigenvalue weighted by Gasteiger charge is -2.30. The van der Waals surface area contributed by atoms with Crippen molar-refractivity contribution in [1.29, 1.82) is 0 Å². The first-order valence-corrected chi connectivity index (χ1v) is 7.28. The first kappa shape index (κ1) is 14.4. The molecule has 0 aromatic heterocycles. The van der Waals surface area contributed by atoms with Gasteiger partial charge in [0.25, 0.3) is 0 Å². The van der Waals surface area contributed by atoms with Crippen LogP contribution in [0.15, 0.2) is 18.2 Å². The molecule has 0 saturated carbocycles. The number of benzene rings is 1. The number of piperidine rings is 1. The average Bonchev–Trinajstić information content (AvgIpc) is 2.49. The Kier molecular flexibility index (Phi) is 5.23. The van der Waals surface area contributed by atoms with Gasteiger partial charge in [-0.15, -0.1) is 0 Å². The van der Waals surface area contributed by atoms with E-state index in [1.165, 1.54) is 11.1 Å². The Labute approximate surface area is 116 Å². The van der Waals surface area contributed by atoms with Crippen molar-refractivity contribution < 1.29 is 9.84 Å². The van der Waals surface area contributed by atoms with E-state index in [-0.39, 0.29) is 12.5 Å². The third kappa shape index (κ3) is 3.28. The molecule has 1 aliphatic rings. The normalized spacial score (nSPS) is 18.3. The summed E-state index contributed by atoms with van der Waals surface area (Å²) in [6, 6.07) is 6.36. The molecule has 106 valence electrons. The summed E-state index contributed by atoms with van der Waals surface area (Å²) in [6.45, 7) is 4.51. The lowest BCUT2D eigenvalue weighted by molar-refractivity contribution is 0.201. The fraction of sp³-hybridized carbons (Fsp3) is 0.625. The molecule has 2 N–H and O–H groups in total. The van der Waals surface area contributed by atoms with E-state index >= 15 is 0 Å². The van der Waals surface area contributed by atoms with Crippen LogP contribution in [0.1, 0.15) is 36.8 Å². The highest BCUT2D eigenvalue weighted by atomic mass is 16.5. The van der Waals surface area contributed by atoms with Crippen molar-refractivity contribution in [2.45, 2.75) is 32.1 Å². The summed E-state index contributed by atoms with van der Waals surface area (Å²) in [7, 11) is 1.71. The second kappa shape index (κ2) is 6.92. The smallest absolute Gasteiger partial charge is 0.122 e. The van der Waals surface area contributed by atoms with Crippen LogP contribution in [-0.4, -0.2) is 31.9 Å². The summed E-state index contributed by atoms with van der Waals surface area (Å²) in [5.41, 5.74) is 2.49. The van der Waals surface area contributed by atoms with Crippen molar-refractivity contribution in [1.82, 2.24) is 5.32 Å². The lowest BCUT2D eigenvalue weighted by Crippen LogP contribution is -2.32. The molecule has 3 heteroatoms. The molecule has 1 aromatic carbocycles. The number of aliphatic hydroxyl groups is 1. The van der Waals surface area contributed by atoms with Gasteiger partial charge < -0.3 is 15.2 Å². The molecule has 1 aliphatic heterocycles. The molecule has 19 heavy (non-hydrogen) atoms. The molecule has 0 radical (unpaired) electrons. The summed E-state index contributed by atoms with van der Waals surface area (Å²) >= 11 is 0. The van der Waals surface area contributed by atoms with Gasteiger partial charge in [-0.3, -0.25) is 0 Å². The van der Waals surface area contributed by atoms with E-state index in [2.05, 4.69) is 24.4 Å². The molecule has 0 amide bonds. The van der Waals surface area contributed by atoms with Crippen LogP contribution in [0.25, 0.3) is 0 Å². The molecule has 1 atom stereocenters. The van der Waals surface area contributed by atoms with E-state index < -0.39 is 0 Å². The zero-order chi connectivity index (χ0) is 13.7. The summed E-state index contributed by atoms with van der Waals surface area (Å²) in [4.78, 5) is 0. The number of nitrogens with one attached hydrogen (secondary N) is 1. The molecule has 1 heterocycles. The third-order valence-corrected chi connectivity index (χ3v) is 4.26. The van der Waals surface area contributed by atoms with Gasteiger partial charge in [0.05, 0.1) is 13.7 Å². The summed E-state index contributed by atoms with van der Waals surface area (Å²) in [5.74, 6) is 1.80. The highest BCUT2D eigenvalue weighted by molar-refractivity contribution is 5.39. The van der Waals surface area contributed by atoms with Crippen LogP contribution in [0.3, 0.4) is 0 Å². The number of aliphatic hydroxyl groups excluding tert-OH is 1. The first-order chi connectivity index (χ1) is 9.30. The van der Waals surface area contributed by atoms with Crippen molar-refractivity contribution in [2.75, 3.05) is 26.8 Å². The van der Waals surface area contributed by atoms with Gasteiger partial charge in [0.1, 0.15) is 5.75 Å². The van der Waals surface area contributed by atoms with Crippen LogP contribution in [0.4, 0.5) is 0 Å². The Morgan fingerprint density at radius 1 is 1.37 bits per heavy atom. The number of hydrogen-bond acceptors (Lipinski definition) is 3. The molecule has 0 bridgehead atoms. The fourth-order valence-corrected chi connectivity index (χ4v) is 3.08. The highest BCUT2D eigenvalue weighted by Crippen LogP contribution is 2.33. The van der Waals surface area contributed by atoms with E-state index in [0.717, 1.165) is 38.1 Å². The molecule has 1 aromatic rings. The molecular formula is C16H25NO2. The molecule has 0 spiro atoms. The predicted octanol–water partition coefficient (Wildman–Crippen LogP) is 2.33. The monoisotopic (exact) mass is 263 g/mol. The van der Waals surface area contributed by atoms with Gasteiger partial charge in [0.15, 0.2) is 0 Å². The maximum Gasteiger partial charge on any atom is 0.122 e. The molecule has 1 unspecified atom stereocenters.